The number of rotatable bonds is 1. The van der Waals surface area contributed by atoms with Crippen LogP contribution in [-0.2, 0) is 4.79 Å². The van der Waals surface area contributed by atoms with Crippen LogP contribution in [0.25, 0.3) is 11.3 Å². The quantitative estimate of drug-likeness (QED) is 0.859. The first-order chi connectivity index (χ1) is 12.6. The Labute approximate surface area is 153 Å². The van der Waals surface area contributed by atoms with Gasteiger partial charge in [0.05, 0.1) is 30.4 Å². The van der Waals surface area contributed by atoms with E-state index in [0.29, 0.717) is 0 Å². The second-order valence-electron chi connectivity index (χ2n) is 8.23. The summed E-state index contributed by atoms with van der Waals surface area (Å²) in [5.74, 6) is 0.354. The fourth-order valence-electron chi connectivity index (χ4n) is 5.67. The van der Waals surface area contributed by atoms with Gasteiger partial charge in [-0.05, 0) is 31.2 Å². The highest BCUT2D eigenvalue weighted by molar-refractivity contribution is 5.73. The number of carbonyl (C=O) groups excluding carboxylic acids is 1. The molecule has 26 heavy (non-hydrogen) atoms. The zero-order chi connectivity index (χ0) is 17.9. The molecule has 0 radical (unpaired) electrons. The van der Waals surface area contributed by atoms with Crippen LogP contribution in [0.4, 0.5) is 0 Å². The second-order valence-corrected chi connectivity index (χ2v) is 8.23. The van der Waals surface area contributed by atoms with E-state index >= 15 is 0 Å². The lowest BCUT2D eigenvalue weighted by atomic mass is 9.73. The van der Waals surface area contributed by atoms with Gasteiger partial charge in [-0.2, -0.15) is 0 Å². The van der Waals surface area contributed by atoms with Crippen molar-refractivity contribution in [2.45, 2.75) is 44.8 Å². The molecule has 5 nitrogen and oxygen atoms in total. The van der Waals surface area contributed by atoms with Crippen molar-refractivity contribution >= 4 is 5.91 Å². The first kappa shape index (κ1) is 16.1. The first-order valence-corrected chi connectivity index (χ1v) is 9.65. The van der Waals surface area contributed by atoms with Gasteiger partial charge in [-0.3, -0.25) is 4.79 Å². The van der Waals surface area contributed by atoms with Crippen molar-refractivity contribution in [2.24, 2.45) is 11.3 Å². The van der Waals surface area contributed by atoms with E-state index in [-0.39, 0.29) is 29.4 Å². The minimum Gasteiger partial charge on any atom is -0.392 e. The number of amides is 1. The van der Waals surface area contributed by atoms with E-state index in [4.69, 9.17) is 0 Å². The van der Waals surface area contributed by atoms with Crippen molar-refractivity contribution < 1.29 is 9.90 Å². The first-order valence-electron chi connectivity index (χ1n) is 9.65. The van der Waals surface area contributed by atoms with Crippen molar-refractivity contribution in [3.63, 3.8) is 0 Å². The molecule has 1 aromatic carbocycles. The fraction of sp³-hybridized carbons (Fsp3) is 0.524. The monoisotopic (exact) mass is 351 g/mol. The molecule has 136 valence electrons. The highest BCUT2D eigenvalue weighted by atomic mass is 16.3. The van der Waals surface area contributed by atoms with Gasteiger partial charge in [-0.25, -0.2) is 4.98 Å². The summed E-state index contributed by atoms with van der Waals surface area (Å²) in [4.78, 5) is 17.9. The van der Waals surface area contributed by atoms with Crippen LogP contribution in [0.15, 0.2) is 36.8 Å². The number of hydrogen-bond acceptors (Lipinski definition) is 3. The molecule has 1 aliphatic carbocycles. The maximum Gasteiger partial charge on any atom is 0.219 e. The number of likely N-dealkylation sites (tertiary alicyclic amines) is 1. The molecule has 2 aromatic rings. The van der Waals surface area contributed by atoms with Crippen LogP contribution in [0.5, 0.6) is 0 Å². The summed E-state index contributed by atoms with van der Waals surface area (Å²) >= 11 is 0. The number of benzene rings is 1. The Morgan fingerprint density at radius 1 is 1.23 bits per heavy atom. The standard InChI is InChI=1S/C21H25N3O2/c1-14(25)23-10-8-21(9-11-23)7-6-17(20(21)26)19-16-5-3-2-4-15(16)18-12-22-13-24(18)19/h2-5,12-13,17,19-20,26H,6-11H2,1H3/t17-,19?,20+/m0/s1. The zero-order valence-corrected chi connectivity index (χ0v) is 15.1. The molecule has 3 aliphatic rings. The van der Waals surface area contributed by atoms with Crippen LogP contribution in [0.3, 0.4) is 0 Å². The van der Waals surface area contributed by atoms with Gasteiger partial charge in [0.2, 0.25) is 5.91 Å². The molecule has 2 aliphatic heterocycles. The normalized spacial score (nSPS) is 29.0. The van der Waals surface area contributed by atoms with Crippen molar-refractivity contribution in [1.29, 1.82) is 0 Å². The van der Waals surface area contributed by atoms with E-state index in [1.165, 1.54) is 11.1 Å². The average Bonchev–Trinajstić information content (AvgIpc) is 3.31. The lowest BCUT2D eigenvalue weighted by Gasteiger charge is -2.42. The molecule has 1 spiro atoms. The minimum absolute atomic E-state index is 0.0328. The topological polar surface area (TPSA) is 58.4 Å². The molecule has 1 unspecified atom stereocenters. The average molecular weight is 351 g/mol. The summed E-state index contributed by atoms with van der Waals surface area (Å²) in [5, 5.41) is 11.4. The van der Waals surface area contributed by atoms with Gasteiger partial charge in [0.15, 0.2) is 0 Å². The number of piperidine rings is 1. The fourth-order valence-corrected chi connectivity index (χ4v) is 5.67. The van der Waals surface area contributed by atoms with E-state index in [1.807, 2.05) is 17.4 Å². The number of aliphatic hydroxyl groups is 1. The van der Waals surface area contributed by atoms with Gasteiger partial charge in [-0.15, -0.1) is 0 Å². The Morgan fingerprint density at radius 2 is 2.00 bits per heavy atom. The van der Waals surface area contributed by atoms with E-state index in [0.717, 1.165) is 44.5 Å². The van der Waals surface area contributed by atoms with Crippen molar-refractivity contribution in [2.75, 3.05) is 13.1 Å². The molecule has 1 saturated heterocycles. The smallest absolute Gasteiger partial charge is 0.219 e. The minimum atomic E-state index is -0.331. The number of aliphatic hydroxyl groups excluding tert-OH is 1. The number of fused-ring (bicyclic) bond motifs is 3. The van der Waals surface area contributed by atoms with Crippen LogP contribution < -0.4 is 0 Å². The van der Waals surface area contributed by atoms with E-state index in [1.54, 1.807) is 6.92 Å². The maximum absolute atomic E-state index is 11.7. The Hall–Kier alpha value is -2.14. The van der Waals surface area contributed by atoms with Gasteiger partial charge in [-0.1, -0.05) is 24.3 Å². The van der Waals surface area contributed by atoms with Crippen molar-refractivity contribution in [3.8, 4) is 11.3 Å². The number of nitrogens with zero attached hydrogens (tertiary/aromatic N) is 3. The molecular weight excluding hydrogens is 326 g/mol. The Kier molecular flexibility index (Phi) is 3.51. The lowest BCUT2D eigenvalue weighted by molar-refractivity contribution is -0.132. The number of aromatic nitrogens is 2. The van der Waals surface area contributed by atoms with Crippen LogP contribution >= 0.6 is 0 Å². The van der Waals surface area contributed by atoms with Gasteiger partial charge < -0.3 is 14.6 Å². The van der Waals surface area contributed by atoms with Crippen LogP contribution in [0.2, 0.25) is 0 Å². The maximum atomic E-state index is 11.7. The van der Waals surface area contributed by atoms with Gasteiger partial charge in [0.1, 0.15) is 0 Å². The summed E-state index contributed by atoms with van der Waals surface area (Å²) in [5.41, 5.74) is 3.68. The molecule has 2 fully saturated rings. The van der Waals surface area contributed by atoms with Gasteiger partial charge in [0.25, 0.3) is 0 Å². The molecule has 5 heteroatoms. The molecule has 1 saturated carbocycles. The third kappa shape index (κ3) is 2.13. The van der Waals surface area contributed by atoms with E-state index in [9.17, 15) is 9.90 Å². The summed E-state index contributed by atoms with van der Waals surface area (Å²) in [6.45, 7) is 3.19. The largest absolute Gasteiger partial charge is 0.392 e. The van der Waals surface area contributed by atoms with Gasteiger partial charge >= 0.3 is 0 Å². The molecule has 1 amide bonds. The lowest BCUT2D eigenvalue weighted by Crippen LogP contribution is -2.47. The third-order valence-corrected chi connectivity index (χ3v) is 7.14. The van der Waals surface area contributed by atoms with E-state index < -0.39 is 0 Å². The predicted molar refractivity (Wildman–Crippen MR) is 98.5 cm³/mol. The Balaban J connectivity index is 1.45. The number of imidazole rings is 1. The molecule has 0 bridgehead atoms. The van der Waals surface area contributed by atoms with Crippen LogP contribution in [-0.4, -0.2) is 44.7 Å². The van der Waals surface area contributed by atoms with E-state index in [2.05, 4.69) is 33.8 Å². The highest BCUT2D eigenvalue weighted by Gasteiger charge is 2.53. The highest BCUT2D eigenvalue weighted by Crippen LogP contribution is 2.55. The van der Waals surface area contributed by atoms with Crippen LogP contribution in [0.1, 0.15) is 44.2 Å². The van der Waals surface area contributed by atoms with Gasteiger partial charge in [0, 0.05) is 36.9 Å². The summed E-state index contributed by atoms with van der Waals surface area (Å²) < 4.78 is 2.25. The molecule has 1 N–H and O–H groups in total. The summed E-state index contributed by atoms with van der Waals surface area (Å²) in [7, 11) is 0. The second kappa shape index (κ2) is 5.68. The summed E-state index contributed by atoms with van der Waals surface area (Å²) in [6.07, 6.45) is 7.41. The molecule has 3 atom stereocenters. The Bertz CT molecular complexity index is 850. The third-order valence-electron chi connectivity index (χ3n) is 7.14. The molecule has 1 aromatic heterocycles. The molecule has 3 heterocycles. The summed E-state index contributed by atoms with van der Waals surface area (Å²) in [6, 6.07) is 8.69. The molecular formula is C21H25N3O2. The predicted octanol–water partition coefficient (Wildman–Crippen LogP) is 2.85. The number of carbonyl (C=O) groups is 1. The zero-order valence-electron chi connectivity index (χ0n) is 15.1. The Morgan fingerprint density at radius 3 is 2.77 bits per heavy atom. The number of hydrogen-bond donors (Lipinski definition) is 1. The molecule has 5 rings (SSSR count). The van der Waals surface area contributed by atoms with Crippen LogP contribution in [0, 0.1) is 11.3 Å². The van der Waals surface area contributed by atoms with Crippen molar-refractivity contribution in [1.82, 2.24) is 14.5 Å². The SMILES string of the molecule is CC(=O)N1CCC2(CC[C@@H](C3c4ccccc4-c4cncn43)[C@H]2O)CC1. The van der Waals surface area contributed by atoms with Crippen molar-refractivity contribution in [3.05, 3.63) is 42.4 Å².